The normalized spacial score (nSPS) is 23.4. The van der Waals surface area contributed by atoms with Crippen molar-refractivity contribution < 1.29 is 13.9 Å². The molecule has 0 aliphatic carbocycles. The molecule has 1 amide bonds. The fraction of sp³-hybridized carbons (Fsp3) is 0.333. The molecule has 124 valence electrons. The predicted octanol–water partition coefficient (Wildman–Crippen LogP) is 1.94. The van der Waals surface area contributed by atoms with E-state index in [2.05, 4.69) is 9.88 Å². The highest BCUT2D eigenvalue weighted by Gasteiger charge is 2.42. The molecular weight excluding hydrogens is 309 g/mol. The number of benzene rings is 1. The zero-order valence-electron chi connectivity index (χ0n) is 13.4. The number of carbonyl (C=O) groups excluding carboxylic acids is 1. The van der Waals surface area contributed by atoms with Crippen LogP contribution in [0.1, 0.15) is 15.9 Å². The first-order chi connectivity index (χ1) is 11.6. The highest BCUT2D eigenvalue weighted by atomic mass is 19.1. The molecule has 2 aliphatic heterocycles. The minimum atomic E-state index is -0.305. The fourth-order valence-corrected chi connectivity index (χ4v) is 3.47. The van der Waals surface area contributed by atoms with E-state index in [1.807, 2.05) is 25.2 Å². The molecule has 0 saturated carbocycles. The van der Waals surface area contributed by atoms with Crippen molar-refractivity contribution >= 4 is 5.91 Å². The van der Waals surface area contributed by atoms with Gasteiger partial charge >= 0.3 is 0 Å². The topological polar surface area (TPSA) is 45.7 Å². The number of likely N-dealkylation sites (tertiary alicyclic amines) is 1. The van der Waals surface area contributed by atoms with Gasteiger partial charge in [0.25, 0.3) is 5.91 Å². The molecule has 1 fully saturated rings. The summed E-state index contributed by atoms with van der Waals surface area (Å²) in [5, 5.41) is 0. The van der Waals surface area contributed by atoms with Gasteiger partial charge in [-0.2, -0.15) is 0 Å². The van der Waals surface area contributed by atoms with Crippen LogP contribution < -0.4 is 4.74 Å². The quantitative estimate of drug-likeness (QED) is 0.846. The van der Waals surface area contributed by atoms with Crippen LogP contribution in [0.25, 0.3) is 0 Å². The van der Waals surface area contributed by atoms with Crippen LogP contribution in [0.2, 0.25) is 0 Å². The Labute approximate surface area is 139 Å². The number of amides is 1. The number of rotatable bonds is 2. The zero-order chi connectivity index (χ0) is 16.7. The lowest BCUT2D eigenvalue weighted by molar-refractivity contribution is 0.0682. The van der Waals surface area contributed by atoms with Gasteiger partial charge in [0.05, 0.1) is 17.8 Å². The number of carbonyl (C=O) groups is 1. The molecule has 24 heavy (non-hydrogen) atoms. The summed E-state index contributed by atoms with van der Waals surface area (Å²) in [7, 11) is 1.81. The van der Waals surface area contributed by atoms with Crippen molar-refractivity contribution in [3.05, 3.63) is 59.7 Å². The number of halogens is 1. The molecule has 6 heteroatoms. The predicted molar refractivity (Wildman–Crippen MR) is 86.2 cm³/mol. The molecule has 0 bridgehead atoms. The van der Waals surface area contributed by atoms with E-state index in [4.69, 9.17) is 4.74 Å². The Balaban J connectivity index is 1.57. The molecule has 0 N–H and O–H groups in total. The maximum absolute atomic E-state index is 13.8. The van der Waals surface area contributed by atoms with Crippen LogP contribution in [0.3, 0.4) is 0 Å². The van der Waals surface area contributed by atoms with Crippen LogP contribution >= 0.6 is 0 Å². The van der Waals surface area contributed by atoms with E-state index in [9.17, 15) is 9.18 Å². The Morgan fingerprint density at radius 1 is 1.29 bits per heavy atom. The summed E-state index contributed by atoms with van der Waals surface area (Å²) in [6.45, 7) is 1.79. The average molecular weight is 327 g/mol. The lowest BCUT2D eigenvalue weighted by Gasteiger charge is -2.25. The molecule has 1 saturated heterocycles. The van der Waals surface area contributed by atoms with E-state index in [0.29, 0.717) is 36.5 Å². The molecule has 1 aromatic carbocycles. The molecule has 2 atom stereocenters. The van der Waals surface area contributed by atoms with Gasteiger partial charge in [-0.3, -0.25) is 14.7 Å². The van der Waals surface area contributed by atoms with Crippen molar-refractivity contribution in [2.45, 2.75) is 18.7 Å². The monoisotopic (exact) mass is 327 g/mol. The summed E-state index contributed by atoms with van der Waals surface area (Å²) in [5.41, 5.74) is 1.21. The Morgan fingerprint density at radius 3 is 2.96 bits per heavy atom. The highest BCUT2D eigenvalue weighted by molar-refractivity contribution is 5.97. The van der Waals surface area contributed by atoms with Crippen molar-refractivity contribution in [2.24, 2.45) is 0 Å². The summed E-state index contributed by atoms with van der Waals surface area (Å²) in [4.78, 5) is 20.3. The number of aromatic nitrogens is 1. The third kappa shape index (κ3) is 2.53. The number of nitrogens with zero attached hydrogens (tertiary/aromatic N) is 3. The summed E-state index contributed by atoms with van der Waals surface area (Å²) in [5.74, 6) is 0.286. The maximum atomic E-state index is 13.8. The van der Waals surface area contributed by atoms with E-state index < -0.39 is 0 Å². The third-order valence-electron chi connectivity index (χ3n) is 4.78. The fourth-order valence-electron chi connectivity index (χ4n) is 3.47. The number of para-hydroxylation sites is 1. The van der Waals surface area contributed by atoms with Gasteiger partial charge in [0.1, 0.15) is 17.7 Å². The van der Waals surface area contributed by atoms with Gasteiger partial charge in [0.15, 0.2) is 0 Å². The first-order valence-corrected chi connectivity index (χ1v) is 7.97. The van der Waals surface area contributed by atoms with Crippen molar-refractivity contribution in [3.8, 4) is 5.75 Å². The molecule has 5 nitrogen and oxygen atoms in total. The van der Waals surface area contributed by atoms with Gasteiger partial charge in [0.2, 0.25) is 0 Å². The number of ether oxygens (including phenoxy) is 1. The van der Waals surface area contributed by atoms with Crippen LogP contribution in [0.4, 0.5) is 4.39 Å². The van der Waals surface area contributed by atoms with Crippen molar-refractivity contribution in [3.63, 3.8) is 0 Å². The second kappa shape index (κ2) is 5.87. The lowest BCUT2D eigenvalue weighted by Crippen LogP contribution is -2.44. The third-order valence-corrected chi connectivity index (χ3v) is 4.78. The van der Waals surface area contributed by atoms with Gasteiger partial charge < -0.3 is 9.64 Å². The molecule has 2 aliphatic rings. The number of likely N-dealkylation sites (N-methyl/N-ethyl adjacent to an activating group) is 1. The first kappa shape index (κ1) is 15.1. The summed E-state index contributed by atoms with van der Waals surface area (Å²) >= 11 is 0. The van der Waals surface area contributed by atoms with Crippen LogP contribution in [0.15, 0.2) is 42.7 Å². The van der Waals surface area contributed by atoms with E-state index in [0.717, 1.165) is 0 Å². The van der Waals surface area contributed by atoms with Gasteiger partial charge in [0, 0.05) is 38.4 Å². The summed E-state index contributed by atoms with van der Waals surface area (Å²) in [6, 6.07) is 8.97. The number of fused-ring (bicyclic) bond motifs is 2. The van der Waals surface area contributed by atoms with E-state index in [-0.39, 0.29) is 23.9 Å². The number of hydrogen-bond donors (Lipinski definition) is 0. The second-order valence-corrected chi connectivity index (χ2v) is 6.30. The minimum Gasteiger partial charge on any atom is -0.486 e. The molecule has 0 spiro atoms. The SMILES string of the molecule is CN1C(=O)c2ccccc2OC2CN(Cc3ccncc3F)CC21. The maximum Gasteiger partial charge on any atom is 0.257 e. The Bertz CT molecular complexity index is 782. The smallest absolute Gasteiger partial charge is 0.257 e. The van der Waals surface area contributed by atoms with Gasteiger partial charge in [-0.05, 0) is 18.2 Å². The van der Waals surface area contributed by atoms with E-state index >= 15 is 0 Å². The van der Waals surface area contributed by atoms with Crippen LogP contribution in [0, 0.1) is 5.82 Å². The van der Waals surface area contributed by atoms with Gasteiger partial charge in [-0.1, -0.05) is 12.1 Å². The summed E-state index contributed by atoms with van der Waals surface area (Å²) in [6.07, 6.45) is 2.70. The molecule has 0 radical (unpaired) electrons. The molecule has 2 aromatic rings. The van der Waals surface area contributed by atoms with Crippen molar-refractivity contribution in [1.29, 1.82) is 0 Å². The van der Waals surface area contributed by atoms with Crippen molar-refractivity contribution in [1.82, 2.24) is 14.8 Å². The van der Waals surface area contributed by atoms with Crippen molar-refractivity contribution in [2.75, 3.05) is 20.1 Å². The first-order valence-electron chi connectivity index (χ1n) is 7.97. The van der Waals surface area contributed by atoms with E-state index in [1.54, 1.807) is 23.2 Å². The minimum absolute atomic E-state index is 0.0324. The molecular formula is C18H18FN3O2. The van der Waals surface area contributed by atoms with E-state index in [1.165, 1.54) is 6.20 Å². The Morgan fingerprint density at radius 2 is 2.12 bits per heavy atom. The second-order valence-electron chi connectivity index (χ2n) is 6.30. The van der Waals surface area contributed by atoms with Gasteiger partial charge in [-0.25, -0.2) is 4.39 Å². The number of pyridine rings is 1. The molecule has 1 aromatic heterocycles. The lowest BCUT2D eigenvalue weighted by atomic mass is 10.1. The molecule has 3 heterocycles. The van der Waals surface area contributed by atoms with Crippen LogP contribution in [-0.4, -0.2) is 53.0 Å². The van der Waals surface area contributed by atoms with Crippen LogP contribution in [0.5, 0.6) is 5.75 Å². The average Bonchev–Trinajstić information content (AvgIpc) is 2.94. The largest absolute Gasteiger partial charge is 0.486 e. The Hall–Kier alpha value is -2.47. The van der Waals surface area contributed by atoms with Gasteiger partial charge in [-0.15, -0.1) is 0 Å². The standard InChI is InChI=1S/C18H18FN3O2/c1-21-15-10-22(9-12-6-7-20-8-14(12)19)11-17(15)24-16-5-3-2-4-13(16)18(21)23/h2-8,15,17H,9-11H2,1H3. The summed E-state index contributed by atoms with van der Waals surface area (Å²) < 4.78 is 19.9. The molecule has 2 unspecified atom stereocenters. The zero-order valence-corrected chi connectivity index (χ0v) is 13.4. The van der Waals surface area contributed by atoms with Crippen LogP contribution in [-0.2, 0) is 6.54 Å². The highest BCUT2D eigenvalue weighted by Crippen LogP contribution is 2.31. The number of hydrogen-bond acceptors (Lipinski definition) is 4. The Kier molecular flexibility index (Phi) is 3.69. The molecule has 4 rings (SSSR count).